The molecule has 2 heterocycles. The third-order valence-electron chi connectivity index (χ3n) is 10.4. The smallest absolute Gasteiger partial charge is 0.0166 e. The van der Waals surface area contributed by atoms with Gasteiger partial charge in [0.2, 0.25) is 0 Å². The van der Waals surface area contributed by atoms with Gasteiger partial charge in [-0.15, -0.1) is 65.2 Å². The molecule has 0 unspecified atom stereocenters. The van der Waals surface area contributed by atoms with E-state index < -0.39 is 0 Å². The Hall–Kier alpha value is -4.95. The van der Waals surface area contributed by atoms with Gasteiger partial charge in [0.1, 0.15) is 0 Å². The average Bonchev–Trinajstić information content (AvgIpc) is 3.21. The van der Waals surface area contributed by atoms with Crippen LogP contribution in [0.1, 0.15) is 60.3 Å². The van der Waals surface area contributed by atoms with Crippen molar-refractivity contribution < 1.29 is 20.1 Å². The monoisotopic (exact) mass is 851 g/mol. The third-order valence-corrected chi connectivity index (χ3v) is 10.4. The molecule has 0 atom stereocenters. The molecule has 52 heavy (non-hydrogen) atoms. The van der Waals surface area contributed by atoms with E-state index in [1.165, 1.54) is 82.2 Å². The summed E-state index contributed by atoms with van der Waals surface area (Å²) in [4.78, 5) is 9.19. The van der Waals surface area contributed by atoms with Gasteiger partial charge in [0.25, 0.3) is 0 Å². The molecule has 3 heteroatoms. The Morgan fingerprint density at radius 1 is 0.538 bits per heavy atom. The van der Waals surface area contributed by atoms with Crippen LogP contribution in [0.3, 0.4) is 0 Å². The van der Waals surface area contributed by atoms with E-state index in [0.29, 0.717) is 0 Å². The Labute approximate surface area is 322 Å². The van der Waals surface area contributed by atoms with E-state index in [0.717, 1.165) is 46.8 Å². The number of pyridine rings is 2. The third kappa shape index (κ3) is 8.23. The second-order valence-electron chi connectivity index (χ2n) is 14.0. The van der Waals surface area contributed by atoms with Crippen molar-refractivity contribution in [1.29, 1.82) is 0 Å². The SMILES string of the molecule is Cc1cc(CCc2c[c-]c(-c3ccccn3)cc2)cc(-c2ccccc2-c2c[c-]c(-c3cc(-c4ccc(C5CCCCC5)cc4)ccn3)cc2)c1.[Ir]. The van der Waals surface area contributed by atoms with E-state index in [-0.39, 0.29) is 20.1 Å². The van der Waals surface area contributed by atoms with Crippen molar-refractivity contribution in [1.82, 2.24) is 9.97 Å². The summed E-state index contributed by atoms with van der Waals surface area (Å²) >= 11 is 0. The summed E-state index contributed by atoms with van der Waals surface area (Å²) in [5.41, 5.74) is 16.5. The number of hydrogen-bond donors (Lipinski definition) is 0. The summed E-state index contributed by atoms with van der Waals surface area (Å²) in [7, 11) is 0. The molecule has 1 radical (unpaired) electrons. The molecule has 259 valence electrons. The van der Waals surface area contributed by atoms with E-state index in [4.69, 9.17) is 4.98 Å². The van der Waals surface area contributed by atoms with Crippen molar-refractivity contribution in [2.75, 3.05) is 0 Å². The Bertz CT molecular complexity index is 2220. The Morgan fingerprint density at radius 3 is 1.96 bits per heavy atom. The molecule has 1 fully saturated rings. The van der Waals surface area contributed by atoms with Gasteiger partial charge in [0, 0.05) is 32.5 Å². The first-order valence-corrected chi connectivity index (χ1v) is 18.4. The standard InChI is InChI=1S/C49H42N2.Ir/c1-35-31-37(15-14-36-16-18-42(19-17-36)48-13-7-8-29-50-48)33-45(32-35)47-12-6-5-11-46(47)41-24-26-43(27-25-41)49-34-44(28-30-51-49)40-22-20-39(21-23-40)38-9-3-2-4-10-38;/h5-8,11-13,16-18,20-26,28-34,38H,2-4,9-10,14-15H2,1H3;/q-2;. The van der Waals surface area contributed by atoms with E-state index >= 15 is 0 Å². The number of benzene rings is 5. The van der Waals surface area contributed by atoms with Gasteiger partial charge in [-0.3, -0.25) is 0 Å². The molecule has 0 spiro atoms. The van der Waals surface area contributed by atoms with E-state index in [1.54, 1.807) is 0 Å². The van der Waals surface area contributed by atoms with Crippen LogP contribution in [0.5, 0.6) is 0 Å². The first-order valence-electron chi connectivity index (χ1n) is 18.4. The molecule has 1 aliphatic carbocycles. The number of nitrogens with zero attached hydrogens (tertiary/aromatic N) is 2. The summed E-state index contributed by atoms with van der Waals surface area (Å²) in [5.74, 6) is 0.721. The Morgan fingerprint density at radius 2 is 1.23 bits per heavy atom. The molecule has 1 saturated carbocycles. The predicted octanol–water partition coefficient (Wildman–Crippen LogP) is 12.6. The molecular formula is C49H42IrN2-2. The van der Waals surface area contributed by atoms with Crippen LogP contribution in [0.2, 0.25) is 0 Å². The maximum atomic E-state index is 4.73. The molecule has 0 saturated heterocycles. The molecule has 0 aliphatic heterocycles. The van der Waals surface area contributed by atoms with Crippen molar-refractivity contribution in [3.8, 4) is 55.9 Å². The molecule has 0 bridgehead atoms. The molecule has 0 N–H and O–H groups in total. The van der Waals surface area contributed by atoms with Crippen LogP contribution in [0.25, 0.3) is 55.9 Å². The van der Waals surface area contributed by atoms with Crippen molar-refractivity contribution in [3.63, 3.8) is 0 Å². The zero-order valence-corrected chi connectivity index (χ0v) is 32.0. The molecule has 2 nitrogen and oxygen atoms in total. The maximum absolute atomic E-state index is 4.73. The molecular weight excluding hydrogens is 809 g/mol. The Kier molecular flexibility index (Phi) is 11.3. The maximum Gasteiger partial charge on any atom is 0.0166 e. The van der Waals surface area contributed by atoms with Gasteiger partial charge >= 0.3 is 0 Å². The second-order valence-corrected chi connectivity index (χ2v) is 14.0. The zero-order chi connectivity index (χ0) is 34.4. The van der Waals surface area contributed by atoms with E-state index in [9.17, 15) is 0 Å². The molecule has 5 aromatic carbocycles. The van der Waals surface area contributed by atoms with Gasteiger partial charge < -0.3 is 9.97 Å². The summed E-state index contributed by atoms with van der Waals surface area (Å²) < 4.78 is 0. The first kappa shape index (κ1) is 35.5. The van der Waals surface area contributed by atoms with Crippen LogP contribution in [0, 0.1) is 19.1 Å². The minimum Gasteiger partial charge on any atom is -0.305 e. The fourth-order valence-electron chi connectivity index (χ4n) is 7.62. The van der Waals surface area contributed by atoms with Crippen molar-refractivity contribution in [2.45, 2.75) is 57.8 Å². The van der Waals surface area contributed by atoms with E-state index in [2.05, 4.69) is 139 Å². The van der Waals surface area contributed by atoms with Crippen LogP contribution in [-0.4, -0.2) is 9.97 Å². The largest absolute Gasteiger partial charge is 0.305 e. The normalized spacial score (nSPS) is 13.0. The topological polar surface area (TPSA) is 25.8 Å². The number of hydrogen-bond acceptors (Lipinski definition) is 2. The quantitative estimate of drug-likeness (QED) is 0.135. The average molecular weight is 851 g/mol. The van der Waals surface area contributed by atoms with Gasteiger partial charge in [-0.05, 0) is 89.0 Å². The zero-order valence-electron chi connectivity index (χ0n) is 29.6. The summed E-state index contributed by atoms with van der Waals surface area (Å²) in [6.07, 6.45) is 12.4. The predicted molar refractivity (Wildman–Crippen MR) is 211 cm³/mol. The van der Waals surface area contributed by atoms with Crippen molar-refractivity contribution >= 4 is 0 Å². The number of aromatic nitrogens is 2. The van der Waals surface area contributed by atoms with Gasteiger partial charge in [0.15, 0.2) is 0 Å². The van der Waals surface area contributed by atoms with Crippen LogP contribution in [0.4, 0.5) is 0 Å². The molecule has 0 amide bonds. The first-order chi connectivity index (χ1) is 25.2. The fourth-order valence-corrected chi connectivity index (χ4v) is 7.62. The van der Waals surface area contributed by atoms with Gasteiger partial charge in [-0.1, -0.05) is 127 Å². The molecule has 1 aliphatic rings. The van der Waals surface area contributed by atoms with Crippen LogP contribution >= 0.6 is 0 Å². The van der Waals surface area contributed by atoms with Gasteiger partial charge in [-0.2, -0.15) is 0 Å². The molecule has 7 aromatic rings. The van der Waals surface area contributed by atoms with Crippen molar-refractivity contribution in [3.05, 3.63) is 180 Å². The minimum absolute atomic E-state index is 0. The number of aryl methyl sites for hydroxylation is 3. The summed E-state index contributed by atoms with van der Waals surface area (Å²) in [6.45, 7) is 2.19. The van der Waals surface area contributed by atoms with Crippen LogP contribution in [-0.2, 0) is 32.9 Å². The van der Waals surface area contributed by atoms with Gasteiger partial charge in [-0.25, -0.2) is 0 Å². The van der Waals surface area contributed by atoms with Crippen LogP contribution in [0.15, 0.2) is 146 Å². The number of rotatable bonds is 9. The van der Waals surface area contributed by atoms with Crippen LogP contribution < -0.4 is 0 Å². The Balaban J connectivity index is 0.00000420. The van der Waals surface area contributed by atoms with Gasteiger partial charge in [0.05, 0.1) is 0 Å². The summed E-state index contributed by atoms with van der Waals surface area (Å²) in [6, 6.07) is 55.1. The second kappa shape index (κ2) is 16.6. The molecule has 2 aromatic heterocycles. The van der Waals surface area contributed by atoms with E-state index in [1.807, 2.05) is 30.6 Å². The van der Waals surface area contributed by atoms with Crippen molar-refractivity contribution in [2.24, 2.45) is 0 Å². The summed E-state index contributed by atoms with van der Waals surface area (Å²) in [5, 5.41) is 0. The molecule has 8 rings (SSSR count). The fraction of sp³-hybridized carbons (Fsp3) is 0.184. The minimum atomic E-state index is 0.